The molecule has 0 fully saturated rings. The zero-order valence-electron chi connectivity index (χ0n) is 26.4. The number of hydrogen-bond donors (Lipinski definition) is 0. The van der Waals surface area contributed by atoms with Gasteiger partial charge in [-0.3, -0.25) is 0 Å². The molecule has 0 amide bonds. The van der Waals surface area contributed by atoms with Crippen LogP contribution in [0.25, 0.3) is 0 Å². The lowest BCUT2D eigenvalue weighted by atomic mass is 9.34. The maximum atomic E-state index is 10.1. The molecule has 49 heavy (non-hydrogen) atoms. The SMILES string of the molecule is N#Cc1ccc2c3c1Oc1ccccc1B3c1c(cccc1N1c3ccccc3[Si-](c3ccccc3)(c3ccccc3)c3ccccc31)O2. The van der Waals surface area contributed by atoms with Crippen LogP contribution in [0.4, 0.5) is 17.1 Å². The minimum atomic E-state index is -2.77. The summed E-state index contributed by atoms with van der Waals surface area (Å²) in [5.74, 6) is 2.85. The fraction of sp³-hybridized carbons (Fsp3) is 0. The van der Waals surface area contributed by atoms with Gasteiger partial charge in [0.25, 0.3) is 6.71 Å². The summed E-state index contributed by atoms with van der Waals surface area (Å²) >= 11 is 0. The van der Waals surface area contributed by atoms with Crippen molar-refractivity contribution in [1.82, 2.24) is 0 Å². The van der Waals surface area contributed by atoms with Gasteiger partial charge in [-0.05, 0) is 61.5 Å². The zero-order chi connectivity index (χ0) is 32.5. The van der Waals surface area contributed by atoms with Crippen molar-refractivity contribution in [1.29, 1.82) is 5.26 Å². The van der Waals surface area contributed by atoms with Crippen molar-refractivity contribution in [2.75, 3.05) is 4.90 Å². The van der Waals surface area contributed by atoms with E-state index in [0.29, 0.717) is 11.3 Å². The highest BCUT2D eigenvalue weighted by Crippen LogP contribution is 2.42. The molecule has 0 radical (unpaired) electrons. The lowest BCUT2D eigenvalue weighted by Crippen LogP contribution is -2.77. The first-order valence-electron chi connectivity index (χ1n) is 16.5. The smallest absolute Gasteiger partial charge is 0.263 e. The number of nitriles is 1. The first-order valence-corrected chi connectivity index (χ1v) is 18.5. The van der Waals surface area contributed by atoms with Crippen LogP contribution in [-0.4, -0.2) is 14.8 Å². The van der Waals surface area contributed by atoms with Gasteiger partial charge in [0.15, 0.2) is 0 Å². The van der Waals surface area contributed by atoms with Crippen LogP contribution < -0.4 is 51.5 Å². The Hall–Kier alpha value is -6.29. The monoisotopic (exact) mass is 642 g/mol. The molecule has 0 saturated heterocycles. The quantitative estimate of drug-likeness (QED) is 0.241. The summed E-state index contributed by atoms with van der Waals surface area (Å²) in [4.78, 5) is 2.45. The fourth-order valence-electron chi connectivity index (χ4n) is 8.41. The fourth-order valence-corrected chi connectivity index (χ4v) is 13.5. The van der Waals surface area contributed by atoms with Crippen LogP contribution in [0.15, 0.2) is 164 Å². The van der Waals surface area contributed by atoms with Gasteiger partial charge in [-0.2, -0.15) is 15.6 Å². The zero-order valence-corrected chi connectivity index (χ0v) is 27.4. The topological polar surface area (TPSA) is 45.5 Å². The Bertz CT molecular complexity index is 2410. The summed E-state index contributed by atoms with van der Waals surface area (Å²) in [6.07, 6.45) is 0. The summed E-state index contributed by atoms with van der Waals surface area (Å²) in [6, 6.07) is 60.6. The molecular formula is C43H27BN2O2Si-. The molecule has 0 spiro atoms. The van der Waals surface area contributed by atoms with Crippen molar-refractivity contribution in [2.45, 2.75) is 0 Å². The van der Waals surface area contributed by atoms with E-state index in [9.17, 15) is 5.26 Å². The van der Waals surface area contributed by atoms with Crippen LogP contribution in [0, 0.1) is 11.3 Å². The van der Waals surface area contributed by atoms with E-state index in [0.717, 1.165) is 50.7 Å². The number of benzene rings is 7. The van der Waals surface area contributed by atoms with E-state index in [4.69, 9.17) is 9.47 Å². The molecule has 7 aromatic carbocycles. The Kier molecular flexibility index (Phi) is 6.02. The summed E-state index contributed by atoms with van der Waals surface area (Å²) in [7, 11) is -2.77. The van der Waals surface area contributed by atoms with E-state index in [1.807, 2.05) is 18.2 Å². The van der Waals surface area contributed by atoms with Gasteiger partial charge in [0.1, 0.15) is 29.1 Å². The van der Waals surface area contributed by atoms with Crippen molar-refractivity contribution in [3.8, 4) is 29.1 Å². The Balaban J connectivity index is 1.29. The molecule has 0 unspecified atom stereocenters. The molecule has 3 aliphatic heterocycles. The van der Waals surface area contributed by atoms with Crippen LogP contribution in [0.5, 0.6) is 23.0 Å². The van der Waals surface area contributed by atoms with Gasteiger partial charge in [-0.25, -0.2) is 0 Å². The summed E-state index contributed by atoms with van der Waals surface area (Å²) < 4.78 is 13.2. The van der Waals surface area contributed by atoms with Gasteiger partial charge in [0.2, 0.25) is 0 Å². The van der Waals surface area contributed by atoms with Crippen molar-refractivity contribution < 1.29 is 9.47 Å². The molecule has 0 aliphatic carbocycles. The molecule has 0 aromatic heterocycles. The molecule has 4 nitrogen and oxygen atoms in total. The summed E-state index contributed by atoms with van der Waals surface area (Å²) in [5, 5.41) is 15.5. The number of anilines is 3. The lowest BCUT2D eigenvalue weighted by molar-refractivity contribution is 0.463. The highest BCUT2D eigenvalue weighted by atomic mass is 28.3. The number of rotatable bonds is 3. The highest BCUT2D eigenvalue weighted by Gasteiger charge is 2.45. The van der Waals surface area contributed by atoms with Crippen molar-refractivity contribution >= 4 is 69.0 Å². The van der Waals surface area contributed by atoms with Gasteiger partial charge in [-0.15, -0.1) is 10.4 Å². The molecular weight excluding hydrogens is 615 g/mol. The molecule has 10 rings (SSSR count). The molecule has 229 valence electrons. The second-order valence-electron chi connectivity index (χ2n) is 12.7. The number of nitrogens with zero attached hydrogens (tertiary/aromatic N) is 2. The Morgan fingerprint density at radius 2 is 1.04 bits per heavy atom. The maximum absolute atomic E-state index is 10.1. The normalized spacial score (nSPS) is 14.1. The van der Waals surface area contributed by atoms with Gasteiger partial charge in [0, 0.05) is 22.5 Å². The van der Waals surface area contributed by atoms with Gasteiger partial charge in [0.05, 0.1) is 5.56 Å². The number of hydrogen-bond acceptors (Lipinski definition) is 4. The molecule has 6 heteroatoms. The Morgan fingerprint density at radius 1 is 0.490 bits per heavy atom. The predicted molar refractivity (Wildman–Crippen MR) is 201 cm³/mol. The van der Waals surface area contributed by atoms with Gasteiger partial charge < -0.3 is 14.4 Å². The predicted octanol–water partition coefficient (Wildman–Crippen LogP) is 5.45. The summed E-state index contributed by atoms with van der Waals surface area (Å²) in [6.45, 7) is -0.199. The minimum absolute atomic E-state index is 0.199. The third-order valence-electron chi connectivity index (χ3n) is 10.3. The molecule has 7 aromatic rings. The van der Waals surface area contributed by atoms with Crippen LogP contribution in [-0.2, 0) is 0 Å². The second kappa shape index (κ2) is 10.6. The van der Waals surface area contributed by atoms with Crippen LogP contribution in [0.3, 0.4) is 0 Å². The van der Waals surface area contributed by atoms with E-state index in [1.165, 1.54) is 20.7 Å². The Morgan fingerprint density at radius 3 is 1.71 bits per heavy atom. The number of fused-ring (bicyclic) bond motifs is 6. The number of para-hydroxylation sites is 3. The third-order valence-corrected chi connectivity index (χ3v) is 15.2. The van der Waals surface area contributed by atoms with Gasteiger partial charge in [-0.1, -0.05) is 121 Å². The average Bonchev–Trinajstić information content (AvgIpc) is 3.17. The van der Waals surface area contributed by atoms with Crippen LogP contribution in [0.1, 0.15) is 5.56 Å². The molecule has 3 aliphatic rings. The van der Waals surface area contributed by atoms with E-state index >= 15 is 0 Å². The van der Waals surface area contributed by atoms with Crippen LogP contribution >= 0.6 is 0 Å². The first-order chi connectivity index (χ1) is 24.3. The molecule has 0 atom stereocenters. The maximum Gasteiger partial charge on any atom is 0.263 e. The second-order valence-corrected chi connectivity index (χ2v) is 16.4. The van der Waals surface area contributed by atoms with Crippen molar-refractivity contribution in [3.05, 3.63) is 169 Å². The summed E-state index contributed by atoms with van der Waals surface area (Å²) in [5.41, 5.74) is 6.87. The standard InChI is InChI=1S/C43H27BN2O2Si/c45-28-29-26-27-38-42-43(29)48-36-22-10-7-18-32(36)44(42)41-35(21-13-23-37(41)47-38)46-33-19-8-11-24-39(33)49(30-14-3-1-4-15-30,31-16-5-2-6-17-31)40-25-12-9-20-34(40)46/h1-27H/q-1. The highest BCUT2D eigenvalue weighted by molar-refractivity contribution is 7.21. The third kappa shape index (κ3) is 3.79. The average molecular weight is 643 g/mol. The van der Waals surface area contributed by atoms with E-state index in [-0.39, 0.29) is 6.71 Å². The first kappa shape index (κ1) is 27.8. The van der Waals surface area contributed by atoms with Crippen LogP contribution in [0.2, 0.25) is 0 Å². The van der Waals surface area contributed by atoms with E-state index in [1.54, 1.807) is 6.07 Å². The largest absolute Gasteiger partial charge is 0.458 e. The minimum Gasteiger partial charge on any atom is -0.458 e. The molecule has 0 bridgehead atoms. The van der Waals surface area contributed by atoms with E-state index in [2.05, 4.69) is 150 Å². The van der Waals surface area contributed by atoms with Crippen molar-refractivity contribution in [3.63, 3.8) is 0 Å². The van der Waals surface area contributed by atoms with Crippen molar-refractivity contribution in [2.24, 2.45) is 0 Å². The molecule has 0 saturated carbocycles. The molecule has 0 N–H and O–H groups in total. The van der Waals surface area contributed by atoms with Gasteiger partial charge >= 0.3 is 0 Å². The van der Waals surface area contributed by atoms with E-state index < -0.39 is 8.07 Å². The lowest BCUT2D eigenvalue weighted by Gasteiger charge is -2.55. The molecule has 3 heterocycles. The Labute approximate surface area is 286 Å². The number of ether oxygens (including phenoxy) is 2.